The van der Waals surface area contributed by atoms with E-state index >= 15 is 0 Å². The summed E-state index contributed by atoms with van der Waals surface area (Å²) in [6, 6.07) is 5.37. The van der Waals surface area contributed by atoms with E-state index in [0.717, 1.165) is 17.3 Å². The molecule has 0 bridgehead atoms. The molecule has 2 N–H and O–H groups in total. The topological polar surface area (TPSA) is 114 Å². The Balaban J connectivity index is 1.77. The average molecular weight is 432 g/mol. The molecule has 1 aromatic carbocycles. The molecule has 1 aromatic heterocycles. The predicted octanol–water partition coefficient (Wildman–Crippen LogP) is 1.32. The molecule has 0 fully saturated rings. The lowest BCUT2D eigenvalue weighted by molar-refractivity contribution is -0.121. The molecule has 3 amide bonds. The van der Waals surface area contributed by atoms with Crippen LogP contribution in [0.15, 0.2) is 18.2 Å². The summed E-state index contributed by atoms with van der Waals surface area (Å²) in [6.07, 6.45) is 0.794. The van der Waals surface area contributed by atoms with Crippen molar-refractivity contribution in [2.24, 2.45) is 0 Å². The second-order valence-electron chi connectivity index (χ2n) is 7.05. The SMILES string of the molecule is Cc1ccc2c(c1)C(=O)NCCN(C(=O)c1nsnc1C)CCCC(=O)NCCO2. The number of nitrogens with one attached hydrogen (secondary N) is 2. The minimum Gasteiger partial charge on any atom is -0.491 e. The molecule has 0 unspecified atom stereocenters. The van der Waals surface area contributed by atoms with Gasteiger partial charge >= 0.3 is 0 Å². The molecule has 0 radical (unpaired) electrons. The Kier molecular flexibility index (Phi) is 7.34. The van der Waals surface area contributed by atoms with E-state index in [1.165, 1.54) is 0 Å². The van der Waals surface area contributed by atoms with Crippen LogP contribution in [0.25, 0.3) is 0 Å². The minimum atomic E-state index is -0.272. The van der Waals surface area contributed by atoms with Crippen LogP contribution < -0.4 is 15.4 Å². The highest BCUT2D eigenvalue weighted by Gasteiger charge is 2.22. The summed E-state index contributed by atoms with van der Waals surface area (Å²) in [7, 11) is 0. The molecule has 160 valence electrons. The van der Waals surface area contributed by atoms with Crippen LogP contribution in [0.3, 0.4) is 0 Å². The fraction of sp³-hybridized carbons (Fsp3) is 0.450. The van der Waals surface area contributed by atoms with E-state index in [0.29, 0.717) is 55.2 Å². The molecule has 0 aliphatic carbocycles. The van der Waals surface area contributed by atoms with Gasteiger partial charge in [0.05, 0.1) is 29.5 Å². The second-order valence-corrected chi connectivity index (χ2v) is 7.58. The maximum atomic E-state index is 12.9. The van der Waals surface area contributed by atoms with Gasteiger partial charge in [-0.1, -0.05) is 11.6 Å². The van der Waals surface area contributed by atoms with Crippen molar-refractivity contribution in [2.75, 3.05) is 32.8 Å². The number of ether oxygens (including phenoxy) is 1. The number of benzene rings is 1. The molecule has 0 saturated carbocycles. The van der Waals surface area contributed by atoms with Crippen LogP contribution in [0.1, 0.15) is 44.9 Å². The van der Waals surface area contributed by atoms with Crippen molar-refractivity contribution in [3.63, 3.8) is 0 Å². The van der Waals surface area contributed by atoms with Crippen LogP contribution in [0.5, 0.6) is 5.75 Å². The van der Waals surface area contributed by atoms with Gasteiger partial charge in [-0.2, -0.15) is 8.75 Å². The third-order valence-electron chi connectivity index (χ3n) is 4.70. The summed E-state index contributed by atoms with van der Waals surface area (Å²) in [5.41, 5.74) is 2.24. The molecule has 9 nitrogen and oxygen atoms in total. The van der Waals surface area contributed by atoms with E-state index in [2.05, 4.69) is 19.4 Å². The van der Waals surface area contributed by atoms with Crippen molar-refractivity contribution >= 4 is 29.4 Å². The summed E-state index contributed by atoms with van der Waals surface area (Å²) in [5.74, 6) is -0.170. The highest BCUT2D eigenvalue weighted by molar-refractivity contribution is 6.99. The Labute approximate surface area is 179 Å². The number of aryl methyl sites for hydroxylation is 2. The van der Waals surface area contributed by atoms with Crippen LogP contribution in [0.2, 0.25) is 0 Å². The molecular weight excluding hydrogens is 406 g/mol. The average Bonchev–Trinajstić information content (AvgIpc) is 3.15. The first-order chi connectivity index (χ1) is 14.5. The van der Waals surface area contributed by atoms with E-state index in [-0.39, 0.29) is 30.9 Å². The highest BCUT2D eigenvalue weighted by Crippen LogP contribution is 2.20. The first-order valence-corrected chi connectivity index (χ1v) is 10.6. The largest absolute Gasteiger partial charge is 0.491 e. The van der Waals surface area contributed by atoms with Gasteiger partial charge < -0.3 is 20.3 Å². The first-order valence-electron chi connectivity index (χ1n) is 9.82. The standard InChI is InChI=1S/C20H25N5O4S/c1-13-5-6-16-15(12-13)19(27)22-7-10-25(20(28)18-14(2)23-30-24-18)9-3-4-17(26)21-8-11-29-16/h5-6,12H,3-4,7-11H2,1-2H3,(H,21,26)(H,22,27). The van der Waals surface area contributed by atoms with Gasteiger partial charge in [0.1, 0.15) is 12.4 Å². The lowest BCUT2D eigenvalue weighted by Crippen LogP contribution is -2.40. The van der Waals surface area contributed by atoms with Gasteiger partial charge in [0.2, 0.25) is 5.91 Å². The van der Waals surface area contributed by atoms with Crippen molar-refractivity contribution in [3.05, 3.63) is 40.7 Å². The number of hydrogen-bond acceptors (Lipinski definition) is 7. The number of hydrogen-bond donors (Lipinski definition) is 2. The number of nitrogens with zero attached hydrogens (tertiary/aromatic N) is 3. The number of carbonyl (C=O) groups is 3. The van der Waals surface area contributed by atoms with Gasteiger partial charge in [0.15, 0.2) is 5.69 Å². The first kappa shape index (κ1) is 21.7. The third kappa shape index (κ3) is 5.53. The summed E-state index contributed by atoms with van der Waals surface area (Å²) in [4.78, 5) is 39.3. The summed E-state index contributed by atoms with van der Waals surface area (Å²) < 4.78 is 13.9. The zero-order chi connectivity index (χ0) is 21.5. The number of rotatable bonds is 1. The number of fused-ring (bicyclic) bond motifs is 1. The predicted molar refractivity (Wildman–Crippen MR) is 112 cm³/mol. The van der Waals surface area contributed by atoms with Crippen LogP contribution in [0.4, 0.5) is 0 Å². The van der Waals surface area contributed by atoms with Crippen LogP contribution in [0, 0.1) is 13.8 Å². The zero-order valence-electron chi connectivity index (χ0n) is 17.1. The van der Waals surface area contributed by atoms with Crippen LogP contribution in [-0.2, 0) is 4.79 Å². The van der Waals surface area contributed by atoms with E-state index in [1.807, 2.05) is 13.0 Å². The normalized spacial score (nSPS) is 16.4. The van der Waals surface area contributed by atoms with E-state index in [4.69, 9.17) is 4.74 Å². The van der Waals surface area contributed by atoms with Crippen LogP contribution in [-0.4, -0.2) is 64.2 Å². The maximum absolute atomic E-state index is 12.9. The zero-order valence-corrected chi connectivity index (χ0v) is 17.9. The van der Waals surface area contributed by atoms with Gasteiger partial charge in [-0.3, -0.25) is 14.4 Å². The smallest absolute Gasteiger partial charge is 0.275 e. The van der Waals surface area contributed by atoms with Crippen molar-refractivity contribution in [2.45, 2.75) is 26.7 Å². The molecule has 30 heavy (non-hydrogen) atoms. The Morgan fingerprint density at radius 1 is 1.13 bits per heavy atom. The molecular formula is C20H25N5O4S. The number of carbonyl (C=O) groups excluding carboxylic acids is 3. The molecule has 10 heteroatoms. The Bertz CT molecular complexity index is 930. The van der Waals surface area contributed by atoms with E-state index in [1.54, 1.807) is 24.0 Å². The Morgan fingerprint density at radius 2 is 1.97 bits per heavy atom. The van der Waals surface area contributed by atoms with Gasteiger partial charge in [-0.05, 0) is 32.4 Å². The molecule has 3 rings (SSSR count). The lowest BCUT2D eigenvalue weighted by Gasteiger charge is -2.22. The summed E-state index contributed by atoms with van der Waals surface area (Å²) >= 11 is 0.988. The Hall–Kier alpha value is -3.01. The maximum Gasteiger partial charge on any atom is 0.275 e. The van der Waals surface area contributed by atoms with Crippen molar-refractivity contribution < 1.29 is 19.1 Å². The monoisotopic (exact) mass is 431 g/mol. The molecule has 0 saturated heterocycles. The lowest BCUT2D eigenvalue weighted by atomic mass is 10.1. The van der Waals surface area contributed by atoms with Crippen molar-refractivity contribution in [1.82, 2.24) is 24.3 Å². The van der Waals surface area contributed by atoms with E-state index < -0.39 is 0 Å². The van der Waals surface area contributed by atoms with Crippen molar-refractivity contribution in [3.8, 4) is 5.75 Å². The van der Waals surface area contributed by atoms with Gasteiger partial charge in [0.25, 0.3) is 11.8 Å². The fourth-order valence-electron chi connectivity index (χ4n) is 3.11. The van der Waals surface area contributed by atoms with Crippen molar-refractivity contribution in [1.29, 1.82) is 0 Å². The van der Waals surface area contributed by atoms with Crippen LogP contribution >= 0.6 is 11.7 Å². The fourth-order valence-corrected chi connectivity index (χ4v) is 3.65. The quantitative estimate of drug-likeness (QED) is 0.704. The molecule has 2 aromatic rings. The number of amides is 3. The summed E-state index contributed by atoms with van der Waals surface area (Å²) in [5, 5.41) is 5.66. The number of aromatic nitrogens is 2. The minimum absolute atomic E-state index is 0.106. The second kappa shape index (κ2) is 10.1. The molecule has 1 aliphatic heterocycles. The van der Waals surface area contributed by atoms with Gasteiger partial charge in [0, 0.05) is 26.1 Å². The highest BCUT2D eigenvalue weighted by atomic mass is 32.1. The molecule has 0 atom stereocenters. The summed E-state index contributed by atoms with van der Waals surface area (Å²) in [6.45, 7) is 5.17. The Morgan fingerprint density at radius 3 is 2.73 bits per heavy atom. The molecule has 1 aliphatic rings. The van der Waals surface area contributed by atoms with E-state index in [9.17, 15) is 14.4 Å². The third-order valence-corrected chi connectivity index (χ3v) is 5.32. The van der Waals surface area contributed by atoms with Gasteiger partial charge in [-0.15, -0.1) is 0 Å². The molecule has 2 heterocycles. The van der Waals surface area contributed by atoms with Gasteiger partial charge in [-0.25, -0.2) is 0 Å². The molecule has 0 spiro atoms.